The van der Waals surface area contributed by atoms with Crippen molar-refractivity contribution in [3.05, 3.63) is 95.0 Å². The minimum absolute atomic E-state index is 0.249. The fourth-order valence-electron chi connectivity index (χ4n) is 6.99. The molecule has 2 atom stereocenters. The summed E-state index contributed by atoms with van der Waals surface area (Å²) < 4.78 is 45.9. The summed E-state index contributed by atoms with van der Waals surface area (Å²) in [6, 6.07) is 24.6. The topological polar surface area (TPSA) is 57.7 Å². The molecule has 236 valence electrons. The molecule has 1 aromatic heterocycles. The van der Waals surface area contributed by atoms with Crippen LogP contribution in [-0.2, 0) is 10.2 Å². The molecule has 3 aromatic carbocycles. The molecule has 0 saturated carbocycles. The van der Waals surface area contributed by atoms with Crippen LogP contribution >= 0.6 is 11.6 Å². The SMILES string of the molecule is C[C@@H]1CN(c2ccc3c(Cl)cccc3n2)C[C@H](C)N1CCCCC1(C(=O)NCC(F)(F)F)c2ccccc2Oc2ccccc21. The van der Waals surface area contributed by atoms with Gasteiger partial charge >= 0.3 is 6.18 Å². The number of para-hydroxylation sites is 2. The van der Waals surface area contributed by atoms with Gasteiger partial charge in [-0.3, -0.25) is 9.69 Å². The second-order valence-corrected chi connectivity index (χ2v) is 12.5. The molecule has 10 heteroatoms. The van der Waals surface area contributed by atoms with E-state index in [2.05, 4.69) is 29.0 Å². The lowest BCUT2D eigenvalue weighted by Crippen LogP contribution is -2.57. The predicted octanol–water partition coefficient (Wildman–Crippen LogP) is 7.73. The van der Waals surface area contributed by atoms with E-state index < -0.39 is 24.0 Å². The zero-order chi connectivity index (χ0) is 31.8. The number of ether oxygens (including phenoxy) is 1. The minimum atomic E-state index is -4.52. The maximum Gasteiger partial charge on any atom is 0.405 e. The van der Waals surface area contributed by atoms with Crippen LogP contribution in [0.25, 0.3) is 10.9 Å². The van der Waals surface area contributed by atoms with Gasteiger partial charge in [0.05, 0.1) is 5.52 Å². The van der Waals surface area contributed by atoms with Gasteiger partial charge in [-0.15, -0.1) is 0 Å². The van der Waals surface area contributed by atoms with Crippen LogP contribution in [0.1, 0.15) is 44.2 Å². The van der Waals surface area contributed by atoms with Crippen LogP contribution in [-0.4, -0.2) is 60.2 Å². The lowest BCUT2D eigenvalue weighted by Gasteiger charge is -2.45. The number of rotatable bonds is 8. The number of alkyl halides is 3. The van der Waals surface area contributed by atoms with E-state index in [0.29, 0.717) is 40.5 Å². The Hall–Kier alpha value is -3.82. The molecule has 6 nitrogen and oxygen atoms in total. The maximum atomic E-state index is 13.9. The molecule has 1 N–H and O–H groups in total. The van der Waals surface area contributed by atoms with Crippen LogP contribution < -0.4 is 15.0 Å². The number of unbranched alkanes of at least 4 members (excludes halogenated alkanes) is 1. The number of carbonyl (C=O) groups is 1. The second kappa shape index (κ2) is 12.5. The molecule has 1 fully saturated rings. The molecule has 0 bridgehead atoms. The molecule has 1 saturated heterocycles. The number of nitrogens with one attached hydrogen (secondary N) is 1. The minimum Gasteiger partial charge on any atom is -0.457 e. The van der Waals surface area contributed by atoms with E-state index in [9.17, 15) is 18.0 Å². The Balaban J connectivity index is 1.17. The zero-order valence-electron chi connectivity index (χ0n) is 25.3. The largest absolute Gasteiger partial charge is 0.457 e. The lowest BCUT2D eigenvalue weighted by atomic mass is 9.68. The van der Waals surface area contributed by atoms with Gasteiger partial charge in [0.1, 0.15) is 29.3 Å². The number of aromatic nitrogens is 1. The van der Waals surface area contributed by atoms with E-state index in [0.717, 1.165) is 42.8 Å². The molecular weight excluding hydrogens is 601 g/mol. The molecule has 1 amide bonds. The van der Waals surface area contributed by atoms with Gasteiger partial charge in [0.25, 0.3) is 0 Å². The Morgan fingerprint density at radius 3 is 2.22 bits per heavy atom. The molecule has 4 aromatic rings. The molecule has 45 heavy (non-hydrogen) atoms. The molecule has 0 unspecified atom stereocenters. The first-order chi connectivity index (χ1) is 21.6. The summed E-state index contributed by atoms with van der Waals surface area (Å²) in [7, 11) is 0. The van der Waals surface area contributed by atoms with Crippen molar-refractivity contribution < 1.29 is 22.7 Å². The van der Waals surface area contributed by atoms with Crippen LogP contribution in [0.15, 0.2) is 78.9 Å². The summed E-state index contributed by atoms with van der Waals surface area (Å²) in [5.41, 5.74) is 0.732. The predicted molar refractivity (Wildman–Crippen MR) is 171 cm³/mol. The number of piperazine rings is 1. The highest BCUT2D eigenvalue weighted by Crippen LogP contribution is 2.51. The van der Waals surface area contributed by atoms with Crippen LogP contribution in [0.3, 0.4) is 0 Å². The van der Waals surface area contributed by atoms with Crippen LogP contribution in [0.4, 0.5) is 19.0 Å². The van der Waals surface area contributed by atoms with Crippen molar-refractivity contribution in [3.63, 3.8) is 0 Å². The smallest absolute Gasteiger partial charge is 0.405 e. The zero-order valence-corrected chi connectivity index (χ0v) is 26.0. The normalized spacial score (nSPS) is 19.5. The number of benzene rings is 3. The van der Waals surface area contributed by atoms with Gasteiger partial charge in [0.15, 0.2) is 0 Å². The molecule has 0 radical (unpaired) electrons. The third-order valence-electron chi connectivity index (χ3n) is 9.06. The number of amides is 1. The standard InChI is InChI=1S/C35H36ClF3N4O2/c1-23-20-42(32-17-16-25-28(36)12-9-13-29(25)41-32)21-24(2)43(23)19-8-7-18-34(33(44)40-22-35(37,38)39)26-10-3-5-14-30(26)45-31-15-6-4-11-27(31)34/h3-6,9-17,23-24H,7-8,18-22H2,1-2H3,(H,40,44)/t23-,24+. The number of hydrogen-bond acceptors (Lipinski definition) is 5. The van der Waals surface area contributed by atoms with Crippen molar-refractivity contribution in [2.75, 3.05) is 31.1 Å². The van der Waals surface area contributed by atoms with Gasteiger partial charge in [-0.25, -0.2) is 4.98 Å². The third-order valence-corrected chi connectivity index (χ3v) is 9.39. The first kappa shape index (κ1) is 31.2. The first-order valence-electron chi connectivity index (χ1n) is 15.3. The highest BCUT2D eigenvalue weighted by atomic mass is 35.5. The monoisotopic (exact) mass is 636 g/mol. The lowest BCUT2D eigenvalue weighted by molar-refractivity contribution is -0.141. The highest BCUT2D eigenvalue weighted by Gasteiger charge is 2.48. The van der Waals surface area contributed by atoms with E-state index >= 15 is 0 Å². The van der Waals surface area contributed by atoms with E-state index in [4.69, 9.17) is 21.3 Å². The number of anilines is 1. The molecule has 6 rings (SSSR count). The number of fused-ring (bicyclic) bond motifs is 3. The summed E-state index contributed by atoms with van der Waals surface area (Å²) >= 11 is 6.35. The third kappa shape index (κ3) is 6.20. The van der Waals surface area contributed by atoms with Gasteiger partial charge in [-0.05, 0) is 69.6 Å². The Bertz CT molecular complexity index is 1640. The quantitative estimate of drug-likeness (QED) is 0.201. The molecule has 0 spiro atoms. The summed E-state index contributed by atoms with van der Waals surface area (Å²) in [4.78, 5) is 23.5. The Morgan fingerprint density at radius 1 is 0.933 bits per heavy atom. The number of halogens is 4. The fourth-order valence-corrected chi connectivity index (χ4v) is 7.22. The molecule has 0 aliphatic carbocycles. The highest BCUT2D eigenvalue weighted by molar-refractivity contribution is 6.35. The van der Waals surface area contributed by atoms with Crippen molar-refractivity contribution in [1.82, 2.24) is 15.2 Å². The van der Waals surface area contributed by atoms with E-state index in [1.807, 2.05) is 30.3 Å². The average Bonchev–Trinajstić information content (AvgIpc) is 3.02. The second-order valence-electron chi connectivity index (χ2n) is 12.1. The summed E-state index contributed by atoms with van der Waals surface area (Å²) in [5, 5.41) is 3.82. The van der Waals surface area contributed by atoms with Gasteiger partial charge in [0.2, 0.25) is 5.91 Å². The first-order valence-corrected chi connectivity index (χ1v) is 15.7. The van der Waals surface area contributed by atoms with Gasteiger partial charge in [0, 0.05) is 46.7 Å². The van der Waals surface area contributed by atoms with Crippen molar-refractivity contribution in [3.8, 4) is 11.5 Å². The summed E-state index contributed by atoms with van der Waals surface area (Å²) in [6.45, 7) is 5.44. The molecule has 2 aliphatic heterocycles. The molecule has 3 heterocycles. The fraction of sp³-hybridized carbons (Fsp3) is 0.371. The number of nitrogens with zero attached hydrogens (tertiary/aromatic N) is 3. The Kier molecular flexibility index (Phi) is 8.68. The van der Waals surface area contributed by atoms with Crippen molar-refractivity contribution in [2.45, 2.75) is 56.8 Å². The number of pyridine rings is 1. The van der Waals surface area contributed by atoms with Crippen LogP contribution in [0.5, 0.6) is 11.5 Å². The van der Waals surface area contributed by atoms with Gasteiger partial charge in [-0.2, -0.15) is 13.2 Å². The Morgan fingerprint density at radius 2 is 1.58 bits per heavy atom. The maximum absolute atomic E-state index is 13.9. The molecular formula is C35H36ClF3N4O2. The van der Waals surface area contributed by atoms with Gasteiger partial charge < -0.3 is 15.0 Å². The van der Waals surface area contributed by atoms with Crippen molar-refractivity contribution >= 4 is 34.2 Å². The van der Waals surface area contributed by atoms with Gasteiger partial charge in [-0.1, -0.05) is 60.5 Å². The van der Waals surface area contributed by atoms with Crippen molar-refractivity contribution in [2.24, 2.45) is 0 Å². The summed E-state index contributed by atoms with van der Waals surface area (Å²) in [6.07, 6.45) is -2.76. The number of carbonyl (C=O) groups excluding carboxylic acids is 1. The number of hydrogen-bond donors (Lipinski definition) is 1. The van der Waals surface area contributed by atoms with E-state index in [1.165, 1.54) is 0 Å². The molecule has 2 aliphatic rings. The summed E-state index contributed by atoms with van der Waals surface area (Å²) in [5.74, 6) is 1.23. The van der Waals surface area contributed by atoms with E-state index in [-0.39, 0.29) is 12.1 Å². The van der Waals surface area contributed by atoms with Crippen LogP contribution in [0, 0.1) is 0 Å². The van der Waals surface area contributed by atoms with E-state index in [1.54, 1.807) is 48.5 Å². The Labute approximate surface area is 266 Å². The average molecular weight is 637 g/mol. The van der Waals surface area contributed by atoms with Crippen molar-refractivity contribution in [1.29, 1.82) is 0 Å². The van der Waals surface area contributed by atoms with Crippen LogP contribution in [0.2, 0.25) is 5.02 Å².